The van der Waals surface area contributed by atoms with Gasteiger partial charge in [-0.2, -0.15) is 13.2 Å². The van der Waals surface area contributed by atoms with Crippen molar-refractivity contribution in [3.8, 4) is 11.1 Å². The second kappa shape index (κ2) is 11.8. The van der Waals surface area contributed by atoms with Crippen LogP contribution in [-0.2, 0) is 10.9 Å². The third kappa shape index (κ3) is 6.02. The second-order valence-electron chi connectivity index (χ2n) is 10.6. The summed E-state index contributed by atoms with van der Waals surface area (Å²) in [5.41, 5.74) is -1.80. The number of ether oxygens (including phenoxy) is 1. The summed E-state index contributed by atoms with van der Waals surface area (Å²) in [5.74, 6) is -2.89. The molecule has 1 aromatic heterocycles. The molecule has 5 rings (SSSR count). The molecular formula is C29H31F5N6O2. The molecule has 2 aromatic carbocycles. The zero-order valence-corrected chi connectivity index (χ0v) is 23.4. The Kier molecular flexibility index (Phi) is 8.33. The summed E-state index contributed by atoms with van der Waals surface area (Å²) in [6.07, 6.45) is -2.19. The fourth-order valence-corrected chi connectivity index (χ4v) is 5.32. The van der Waals surface area contributed by atoms with Gasteiger partial charge in [-0.1, -0.05) is 6.07 Å². The van der Waals surface area contributed by atoms with Crippen LogP contribution in [0.15, 0.2) is 42.7 Å². The molecule has 2 aliphatic rings. The lowest BCUT2D eigenvalue weighted by atomic mass is 10.0. The third-order valence-corrected chi connectivity index (χ3v) is 7.82. The highest BCUT2D eigenvalue weighted by Crippen LogP contribution is 2.38. The molecule has 1 amide bonds. The number of aromatic nitrogens is 2. The van der Waals surface area contributed by atoms with Gasteiger partial charge in [-0.25, -0.2) is 18.7 Å². The highest BCUT2D eigenvalue weighted by molar-refractivity contribution is 6.07. The minimum absolute atomic E-state index is 0.0492. The Morgan fingerprint density at radius 1 is 0.976 bits per heavy atom. The van der Waals surface area contributed by atoms with Gasteiger partial charge < -0.3 is 19.9 Å². The number of halogens is 5. The van der Waals surface area contributed by atoms with Gasteiger partial charge in [0, 0.05) is 61.8 Å². The van der Waals surface area contributed by atoms with Gasteiger partial charge in [0.25, 0.3) is 5.91 Å². The molecule has 2 aliphatic heterocycles. The number of morpholine rings is 1. The minimum Gasteiger partial charge on any atom is -0.378 e. The molecule has 8 nitrogen and oxygen atoms in total. The molecule has 0 saturated carbocycles. The molecular weight excluding hydrogens is 559 g/mol. The number of carbonyl (C=O) groups is 1. The summed E-state index contributed by atoms with van der Waals surface area (Å²) >= 11 is 0. The van der Waals surface area contributed by atoms with Gasteiger partial charge in [-0.15, -0.1) is 0 Å². The summed E-state index contributed by atoms with van der Waals surface area (Å²) in [7, 11) is 1.97. The van der Waals surface area contributed by atoms with Gasteiger partial charge in [0.1, 0.15) is 17.2 Å². The van der Waals surface area contributed by atoms with Crippen LogP contribution < -0.4 is 15.1 Å². The molecule has 3 heterocycles. The van der Waals surface area contributed by atoms with Crippen molar-refractivity contribution in [2.45, 2.75) is 32.1 Å². The lowest BCUT2D eigenvalue weighted by molar-refractivity contribution is -0.140. The first kappa shape index (κ1) is 29.6. The molecule has 1 unspecified atom stereocenters. The highest BCUT2D eigenvalue weighted by Gasteiger charge is 2.39. The number of piperazine rings is 1. The second-order valence-corrected chi connectivity index (χ2v) is 10.6. The van der Waals surface area contributed by atoms with E-state index in [0.29, 0.717) is 62.7 Å². The van der Waals surface area contributed by atoms with Crippen molar-refractivity contribution in [3.05, 3.63) is 65.5 Å². The predicted molar refractivity (Wildman–Crippen MR) is 149 cm³/mol. The van der Waals surface area contributed by atoms with Crippen molar-refractivity contribution < 1.29 is 31.5 Å². The molecule has 42 heavy (non-hydrogen) atoms. The maximum atomic E-state index is 15.7. The smallest absolute Gasteiger partial charge is 0.378 e. The van der Waals surface area contributed by atoms with E-state index in [1.807, 2.05) is 30.7 Å². The summed E-state index contributed by atoms with van der Waals surface area (Å²) in [4.78, 5) is 28.0. The van der Waals surface area contributed by atoms with Crippen LogP contribution in [0.3, 0.4) is 0 Å². The fourth-order valence-electron chi connectivity index (χ4n) is 5.32. The highest BCUT2D eigenvalue weighted by atomic mass is 19.4. The molecule has 3 aromatic rings. The van der Waals surface area contributed by atoms with E-state index in [1.165, 1.54) is 24.5 Å². The van der Waals surface area contributed by atoms with Crippen LogP contribution in [0.1, 0.15) is 29.8 Å². The number of nitrogens with zero attached hydrogens (tertiary/aromatic N) is 5. The molecule has 2 fully saturated rings. The summed E-state index contributed by atoms with van der Waals surface area (Å²) in [6.45, 7) is 7.26. The predicted octanol–water partition coefficient (Wildman–Crippen LogP) is 5.06. The van der Waals surface area contributed by atoms with E-state index >= 15 is 4.39 Å². The maximum Gasteiger partial charge on any atom is 0.420 e. The molecule has 0 bridgehead atoms. The average molecular weight is 591 g/mol. The number of hydrogen-bond acceptors (Lipinski definition) is 7. The largest absolute Gasteiger partial charge is 0.420 e. The van der Waals surface area contributed by atoms with Crippen LogP contribution in [0.5, 0.6) is 0 Å². The quantitative estimate of drug-likeness (QED) is 0.417. The normalized spacial score (nSPS) is 20.1. The Morgan fingerprint density at radius 3 is 2.24 bits per heavy atom. The summed E-state index contributed by atoms with van der Waals surface area (Å²) in [5, 5.41) is 2.51. The Balaban J connectivity index is 1.55. The minimum atomic E-state index is -5.10. The first-order chi connectivity index (χ1) is 19.9. The molecule has 224 valence electrons. The number of benzene rings is 2. The van der Waals surface area contributed by atoms with Gasteiger partial charge in [0.15, 0.2) is 0 Å². The van der Waals surface area contributed by atoms with E-state index in [1.54, 1.807) is 0 Å². The van der Waals surface area contributed by atoms with Crippen LogP contribution in [0.25, 0.3) is 11.1 Å². The van der Waals surface area contributed by atoms with Crippen molar-refractivity contribution in [2.75, 3.05) is 61.6 Å². The average Bonchev–Trinajstić information content (AvgIpc) is 2.96. The fraction of sp³-hybridized carbons (Fsp3) is 0.414. The van der Waals surface area contributed by atoms with Crippen LogP contribution >= 0.6 is 0 Å². The van der Waals surface area contributed by atoms with Gasteiger partial charge in [0.2, 0.25) is 5.95 Å². The summed E-state index contributed by atoms with van der Waals surface area (Å²) in [6, 6.07) is 5.34. The molecule has 0 radical (unpaired) electrons. The van der Waals surface area contributed by atoms with E-state index in [9.17, 15) is 22.4 Å². The van der Waals surface area contributed by atoms with Crippen LogP contribution in [0.2, 0.25) is 0 Å². The van der Waals surface area contributed by atoms with Crippen LogP contribution in [0, 0.1) is 11.6 Å². The van der Waals surface area contributed by atoms with Gasteiger partial charge >= 0.3 is 6.18 Å². The molecule has 1 N–H and O–H groups in total. The maximum absolute atomic E-state index is 15.7. The lowest BCUT2D eigenvalue weighted by Gasteiger charge is -2.44. The van der Waals surface area contributed by atoms with E-state index in [4.69, 9.17) is 4.74 Å². The number of amides is 1. The molecule has 2 saturated heterocycles. The topological polar surface area (TPSA) is 73.8 Å². The van der Waals surface area contributed by atoms with Crippen LogP contribution in [-0.4, -0.2) is 79.3 Å². The van der Waals surface area contributed by atoms with Gasteiger partial charge in [0.05, 0.1) is 30.2 Å². The third-order valence-electron chi connectivity index (χ3n) is 7.82. The van der Waals surface area contributed by atoms with Crippen molar-refractivity contribution in [2.24, 2.45) is 0 Å². The number of carbonyl (C=O) groups excluding carboxylic acids is 1. The summed E-state index contributed by atoms with van der Waals surface area (Å²) < 4.78 is 76.4. The first-order valence-electron chi connectivity index (χ1n) is 13.6. The number of likely N-dealkylation sites (N-methyl/N-ethyl adjacent to an activating group) is 1. The Morgan fingerprint density at radius 2 is 1.62 bits per heavy atom. The number of rotatable bonds is 5. The molecule has 2 atom stereocenters. The van der Waals surface area contributed by atoms with E-state index < -0.39 is 34.8 Å². The van der Waals surface area contributed by atoms with E-state index in [0.717, 1.165) is 12.1 Å². The zero-order chi connectivity index (χ0) is 30.2. The number of hydrogen-bond donors (Lipinski definition) is 1. The molecule has 13 heteroatoms. The monoisotopic (exact) mass is 590 g/mol. The van der Waals surface area contributed by atoms with Gasteiger partial charge in [-0.05, 0) is 45.2 Å². The number of alkyl halides is 3. The van der Waals surface area contributed by atoms with Crippen molar-refractivity contribution in [1.82, 2.24) is 14.9 Å². The lowest BCUT2D eigenvalue weighted by Crippen LogP contribution is -2.55. The Labute approximate surface area is 240 Å². The Bertz CT molecular complexity index is 1430. The zero-order valence-electron chi connectivity index (χ0n) is 23.4. The standard InChI is InChI=1S/C29H31F5N6O2/c1-17-15-40(16-18(2)38(17)3)25-12-23(31)21(19-13-35-28(36-14-19)39-7-9-42-10-8-39)11-24(25)37-27(41)20-5-4-6-22(30)26(20)29(32,33)34/h4-6,11-14,17-18H,7-10,15-16H2,1-3H3,(H,37,41)/t17-,18?/m0/s1. The number of anilines is 3. The van der Waals surface area contributed by atoms with E-state index in [2.05, 4.69) is 20.2 Å². The van der Waals surface area contributed by atoms with Gasteiger partial charge in [-0.3, -0.25) is 9.69 Å². The van der Waals surface area contributed by atoms with Crippen molar-refractivity contribution in [3.63, 3.8) is 0 Å². The SMILES string of the molecule is CC1CN(c2cc(F)c(-c3cnc(N4CCOCC4)nc3)cc2NC(=O)c2cccc(F)c2C(F)(F)F)C[C@H](C)N1C. The molecule has 0 spiro atoms. The Hall–Kier alpha value is -3.84. The van der Waals surface area contributed by atoms with Crippen LogP contribution in [0.4, 0.5) is 39.3 Å². The first-order valence-corrected chi connectivity index (χ1v) is 13.6. The van der Waals surface area contributed by atoms with Crippen molar-refractivity contribution in [1.29, 1.82) is 0 Å². The number of nitrogens with one attached hydrogen (secondary N) is 1. The van der Waals surface area contributed by atoms with Crippen molar-refractivity contribution >= 4 is 23.2 Å². The molecule has 0 aliphatic carbocycles. The van der Waals surface area contributed by atoms with E-state index in [-0.39, 0.29) is 23.3 Å².